The van der Waals surface area contributed by atoms with E-state index in [1.54, 1.807) is 60.3 Å². The highest BCUT2D eigenvalue weighted by atomic mass is 16.5. The number of amides is 1. The molecule has 0 unspecified atom stereocenters. The van der Waals surface area contributed by atoms with Crippen LogP contribution in [0.4, 0.5) is 5.69 Å². The number of carbonyl (C=O) groups excluding carboxylic acids is 2. The normalized spacial score (nSPS) is 10.5. The van der Waals surface area contributed by atoms with E-state index in [9.17, 15) is 9.59 Å². The molecule has 4 rings (SSSR count). The van der Waals surface area contributed by atoms with Gasteiger partial charge in [0.2, 0.25) is 0 Å². The highest BCUT2D eigenvalue weighted by Crippen LogP contribution is 2.26. The summed E-state index contributed by atoms with van der Waals surface area (Å²) in [6, 6.07) is 23.4. The van der Waals surface area contributed by atoms with Gasteiger partial charge in [0.15, 0.2) is 18.1 Å². The molecule has 8 nitrogen and oxygen atoms in total. The lowest BCUT2D eigenvalue weighted by atomic mass is 10.1. The molecular formula is C25H22N4O4. The molecule has 0 aliphatic carbocycles. The van der Waals surface area contributed by atoms with Gasteiger partial charge in [0, 0.05) is 17.4 Å². The third-order valence-electron chi connectivity index (χ3n) is 4.62. The van der Waals surface area contributed by atoms with Crippen molar-refractivity contribution in [2.45, 2.75) is 6.92 Å². The van der Waals surface area contributed by atoms with Crippen molar-refractivity contribution in [3.05, 3.63) is 90.8 Å². The van der Waals surface area contributed by atoms with Gasteiger partial charge in [0.25, 0.3) is 5.91 Å². The van der Waals surface area contributed by atoms with Crippen molar-refractivity contribution < 1.29 is 19.1 Å². The standard InChI is InChI=1S/C25H22N4O4/c1-2-32-25(31)21-16-22(29(28-21)23-13-6-7-14-26-23)18-9-8-10-19(15-18)27-24(30)17-33-20-11-4-3-5-12-20/h3-16H,2,17H2,1H3,(H,27,30). The van der Waals surface area contributed by atoms with Gasteiger partial charge in [-0.05, 0) is 49.4 Å². The second-order valence-electron chi connectivity index (χ2n) is 6.97. The summed E-state index contributed by atoms with van der Waals surface area (Å²) in [7, 11) is 0. The van der Waals surface area contributed by atoms with Crippen LogP contribution in [-0.2, 0) is 9.53 Å². The van der Waals surface area contributed by atoms with Gasteiger partial charge < -0.3 is 14.8 Å². The third-order valence-corrected chi connectivity index (χ3v) is 4.62. The number of rotatable bonds is 8. The number of pyridine rings is 1. The Bertz CT molecular complexity index is 1240. The van der Waals surface area contributed by atoms with Crippen molar-refractivity contribution in [3.63, 3.8) is 0 Å². The number of nitrogens with one attached hydrogen (secondary N) is 1. The van der Waals surface area contributed by atoms with E-state index in [-0.39, 0.29) is 24.8 Å². The van der Waals surface area contributed by atoms with E-state index in [1.165, 1.54) is 0 Å². The van der Waals surface area contributed by atoms with Gasteiger partial charge in [-0.2, -0.15) is 5.10 Å². The third kappa shape index (κ3) is 5.43. The smallest absolute Gasteiger partial charge is 0.358 e. The maximum Gasteiger partial charge on any atom is 0.358 e. The van der Waals surface area contributed by atoms with Gasteiger partial charge in [0.05, 0.1) is 12.3 Å². The molecule has 0 radical (unpaired) electrons. The van der Waals surface area contributed by atoms with Crippen LogP contribution in [0.15, 0.2) is 85.1 Å². The zero-order chi connectivity index (χ0) is 23.0. The molecule has 2 aromatic carbocycles. The summed E-state index contributed by atoms with van der Waals surface area (Å²) < 4.78 is 12.2. The summed E-state index contributed by atoms with van der Waals surface area (Å²) >= 11 is 0. The molecule has 0 saturated heterocycles. The molecule has 0 fully saturated rings. The molecule has 4 aromatic rings. The zero-order valence-electron chi connectivity index (χ0n) is 18.0. The summed E-state index contributed by atoms with van der Waals surface area (Å²) in [4.78, 5) is 29.0. The van der Waals surface area contributed by atoms with Crippen LogP contribution in [0.3, 0.4) is 0 Å². The molecule has 1 amide bonds. The first-order valence-corrected chi connectivity index (χ1v) is 10.4. The van der Waals surface area contributed by atoms with Gasteiger partial charge in [-0.3, -0.25) is 4.79 Å². The van der Waals surface area contributed by atoms with Crippen LogP contribution in [0.25, 0.3) is 17.1 Å². The Labute approximate surface area is 190 Å². The maximum atomic E-state index is 12.4. The first-order valence-electron chi connectivity index (χ1n) is 10.4. The molecule has 2 heterocycles. The minimum absolute atomic E-state index is 0.118. The van der Waals surface area contributed by atoms with Crippen LogP contribution in [0, 0.1) is 0 Å². The van der Waals surface area contributed by atoms with Crippen molar-refractivity contribution in [1.82, 2.24) is 14.8 Å². The number of carbonyl (C=O) groups is 2. The fourth-order valence-corrected chi connectivity index (χ4v) is 3.16. The van der Waals surface area contributed by atoms with Crippen LogP contribution < -0.4 is 10.1 Å². The molecule has 33 heavy (non-hydrogen) atoms. The number of para-hydroxylation sites is 1. The van der Waals surface area contributed by atoms with Gasteiger partial charge >= 0.3 is 5.97 Å². The molecule has 0 aliphatic heterocycles. The Kier molecular flexibility index (Phi) is 6.75. The number of aromatic nitrogens is 3. The van der Waals surface area contributed by atoms with Crippen LogP contribution in [0.5, 0.6) is 5.75 Å². The Hall–Kier alpha value is -4.46. The first-order chi connectivity index (χ1) is 16.1. The summed E-state index contributed by atoms with van der Waals surface area (Å²) in [5.74, 6) is 0.360. The molecule has 0 bridgehead atoms. The van der Waals surface area contributed by atoms with E-state index >= 15 is 0 Å². The second kappa shape index (κ2) is 10.2. The summed E-state index contributed by atoms with van der Waals surface area (Å²) in [6.45, 7) is 1.87. The quantitative estimate of drug-likeness (QED) is 0.412. The number of anilines is 1. The minimum Gasteiger partial charge on any atom is -0.484 e. The van der Waals surface area contributed by atoms with E-state index in [0.29, 0.717) is 22.9 Å². The number of hydrogen-bond donors (Lipinski definition) is 1. The summed E-state index contributed by atoms with van der Waals surface area (Å²) in [6.07, 6.45) is 1.65. The second-order valence-corrected chi connectivity index (χ2v) is 6.97. The number of benzene rings is 2. The fraction of sp³-hybridized carbons (Fsp3) is 0.120. The largest absolute Gasteiger partial charge is 0.484 e. The highest BCUT2D eigenvalue weighted by Gasteiger charge is 2.18. The van der Waals surface area contributed by atoms with E-state index in [2.05, 4.69) is 15.4 Å². The molecule has 0 saturated carbocycles. The monoisotopic (exact) mass is 442 g/mol. The Morgan fingerprint density at radius 3 is 2.55 bits per heavy atom. The predicted molar refractivity (Wildman–Crippen MR) is 123 cm³/mol. The van der Waals surface area contributed by atoms with E-state index in [0.717, 1.165) is 5.56 Å². The average Bonchev–Trinajstić information content (AvgIpc) is 3.30. The molecule has 166 valence electrons. The van der Waals surface area contributed by atoms with E-state index < -0.39 is 5.97 Å². The van der Waals surface area contributed by atoms with Gasteiger partial charge in [-0.1, -0.05) is 36.4 Å². The van der Waals surface area contributed by atoms with Crippen molar-refractivity contribution in [2.75, 3.05) is 18.5 Å². The molecule has 0 spiro atoms. The number of esters is 1. The number of nitrogens with zero attached hydrogens (tertiary/aromatic N) is 3. The van der Waals surface area contributed by atoms with E-state index in [1.807, 2.05) is 36.4 Å². The Balaban J connectivity index is 1.58. The number of hydrogen-bond acceptors (Lipinski definition) is 6. The fourth-order valence-electron chi connectivity index (χ4n) is 3.16. The lowest BCUT2D eigenvalue weighted by Gasteiger charge is -2.10. The molecule has 0 atom stereocenters. The van der Waals surface area contributed by atoms with Crippen molar-refractivity contribution in [3.8, 4) is 22.8 Å². The molecule has 1 N–H and O–H groups in total. The van der Waals surface area contributed by atoms with Crippen molar-refractivity contribution in [2.24, 2.45) is 0 Å². The molecule has 2 aromatic heterocycles. The Morgan fingerprint density at radius 1 is 0.970 bits per heavy atom. The average molecular weight is 442 g/mol. The van der Waals surface area contributed by atoms with Crippen LogP contribution >= 0.6 is 0 Å². The van der Waals surface area contributed by atoms with Crippen molar-refractivity contribution in [1.29, 1.82) is 0 Å². The zero-order valence-corrected chi connectivity index (χ0v) is 18.0. The lowest BCUT2D eigenvalue weighted by molar-refractivity contribution is -0.118. The first kappa shape index (κ1) is 21.8. The van der Waals surface area contributed by atoms with Crippen LogP contribution in [0.2, 0.25) is 0 Å². The van der Waals surface area contributed by atoms with Crippen LogP contribution in [-0.4, -0.2) is 39.9 Å². The van der Waals surface area contributed by atoms with Gasteiger partial charge in [-0.25, -0.2) is 14.5 Å². The molecule has 8 heteroatoms. The highest BCUT2D eigenvalue weighted by molar-refractivity contribution is 5.93. The maximum absolute atomic E-state index is 12.4. The van der Waals surface area contributed by atoms with Gasteiger partial charge in [-0.15, -0.1) is 0 Å². The summed E-state index contributed by atoms with van der Waals surface area (Å²) in [5.41, 5.74) is 2.13. The summed E-state index contributed by atoms with van der Waals surface area (Å²) in [5, 5.41) is 7.23. The molecule has 0 aliphatic rings. The van der Waals surface area contributed by atoms with Crippen LogP contribution in [0.1, 0.15) is 17.4 Å². The predicted octanol–water partition coefficient (Wildman–Crippen LogP) is 4.13. The molecular weight excluding hydrogens is 420 g/mol. The number of ether oxygens (including phenoxy) is 2. The topological polar surface area (TPSA) is 95.3 Å². The van der Waals surface area contributed by atoms with Crippen molar-refractivity contribution >= 4 is 17.6 Å². The van der Waals surface area contributed by atoms with E-state index in [4.69, 9.17) is 9.47 Å². The van der Waals surface area contributed by atoms with Gasteiger partial charge in [0.1, 0.15) is 5.75 Å². The lowest BCUT2D eigenvalue weighted by Crippen LogP contribution is -2.20. The minimum atomic E-state index is -0.518. The Morgan fingerprint density at radius 2 is 1.79 bits per heavy atom. The SMILES string of the molecule is CCOC(=O)c1cc(-c2cccc(NC(=O)COc3ccccc3)c2)n(-c2ccccn2)n1.